The molecule has 0 saturated heterocycles. The molecule has 5 aromatic carbocycles. The first-order chi connectivity index (χ1) is 53.9. The molecule has 13 N–H and O–H groups in total. The summed E-state index contributed by atoms with van der Waals surface area (Å²) in [4.78, 5) is 42.9. The lowest BCUT2D eigenvalue weighted by molar-refractivity contribution is 0.0676. The Balaban J connectivity index is 0.000000132. The number of methoxy groups -OCH3 is 1. The maximum Gasteiger partial charge on any atom is 0.377 e. The third-order valence-electron chi connectivity index (χ3n) is 13.0. The second-order valence-corrected chi connectivity index (χ2v) is 20.4. The van der Waals surface area contributed by atoms with E-state index in [0.717, 1.165) is 50.4 Å². The van der Waals surface area contributed by atoms with Gasteiger partial charge in [-0.05, 0) is 161 Å². The topological polar surface area (TPSA) is 704 Å². The van der Waals surface area contributed by atoms with E-state index in [4.69, 9.17) is 31.7 Å². The van der Waals surface area contributed by atoms with Crippen molar-refractivity contribution in [2.75, 3.05) is 7.11 Å². The number of benzene rings is 5. The lowest BCUT2D eigenvalue weighted by Gasteiger charge is -1.98. The van der Waals surface area contributed by atoms with E-state index in [0.29, 0.717) is 63.0 Å². The summed E-state index contributed by atoms with van der Waals surface area (Å²) in [7, 11) is 1.63. The van der Waals surface area contributed by atoms with Gasteiger partial charge in [0.2, 0.25) is 52.4 Å². The molecule has 0 saturated carbocycles. The Morgan fingerprint density at radius 2 is 0.673 bits per heavy atom. The molecule has 13 aromatic heterocycles. The molecular formula is C59H48ClN43O7. The van der Waals surface area contributed by atoms with Crippen molar-refractivity contribution in [3.63, 3.8) is 0 Å². The molecule has 0 atom stereocenters. The molecule has 13 heterocycles. The molecule has 0 aliphatic heterocycles. The molecule has 0 fully saturated rings. The number of carboxylic acids is 3. The Morgan fingerprint density at radius 3 is 1.02 bits per heavy atom. The van der Waals surface area contributed by atoms with Crippen molar-refractivity contribution in [1.82, 2.24) is 221 Å². The molecule has 50 nitrogen and oxygen atoms in total. The van der Waals surface area contributed by atoms with Crippen molar-refractivity contribution >= 4 is 29.5 Å². The molecule has 0 radical (unpaired) electrons. The molecule has 0 spiro atoms. The maximum absolute atomic E-state index is 10.7. The van der Waals surface area contributed by atoms with Gasteiger partial charge in [-0.25, -0.2) is 14.4 Å². The quantitative estimate of drug-likeness (QED) is 0.0788. The van der Waals surface area contributed by atoms with E-state index in [1.165, 1.54) is 24.3 Å². The predicted octanol–water partition coefficient (Wildman–Crippen LogP) is 3.26. The number of carbonyl (C=O) groups is 3. The Bertz CT molecular complexity index is 5240. The number of nitrogens with zero attached hydrogens (tertiary/aromatic N) is 33. The standard InChI is InChI=1S/C8H6N8.2C8H6N4O2.C8H8N4O.C7H5ClN4.3C6H5N5.C2H2N4O2/c1-2-6(8-11-15-16-12-8)4-3-5(1)7-9-13-14-10-7;13-8(14)6-3-1-5(2-4-6)7-9-11-12-10-7;13-8(14)6-3-1-2-5(4-6)7-9-11-12-10-7;1-13-7-4-2-6(3-5-7)8-9-11-12-10-8;8-6-3-1-5(2-4-6)7-9-11-12-10-7;1-3-7-4-2-5(1)6-8-10-11-9-6;1-2-5(4-7-3-1)6-8-10-11-9-6;1-2-4-7-5(3-1)6-8-10-11-9-6;7-2(8)1-3-5-6-4-1/h1-4H,(H,9,10,13,14)(H,11,12,15,16);2*1-4H,(H,13,14)(H,9,10,11,12);2-5H,1H3,(H,9,10,11,12);1-4H,(H,9,10,11,12);3*1-4H,(H,8,9,10,11);(H,7,8)(H,3,4,5,6). The van der Waals surface area contributed by atoms with Crippen molar-refractivity contribution < 1.29 is 34.4 Å². The van der Waals surface area contributed by atoms with Crippen molar-refractivity contribution in [1.29, 1.82) is 0 Å². The monoisotopic (exact) mass is 1510 g/mol. The van der Waals surface area contributed by atoms with E-state index >= 15 is 0 Å². The summed E-state index contributed by atoms with van der Waals surface area (Å²) in [6.07, 6.45) is 8.44. The van der Waals surface area contributed by atoms with Gasteiger partial charge < -0.3 is 20.1 Å². The Morgan fingerprint density at radius 1 is 0.309 bits per heavy atom. The minimum absolute atomic E-state index is 0.201. The van der Waals surface area contributed by atoms with Gasteiger partial charge >= 0.3 is 17.9 Å². The molecule has 18 rings (SSSR count). The maximum atomic E-state index is 10.7. The number of aromatic amines is 10. The first-order valence-corrected chi connectivity index (χ1v) is 30.8. The van der Waals surface area contributed by atoms with Crippen LogP contribution in [0.15, 0.2) is 195 Å². The van der Waals surface area contributed by atoms with Crippen molar-refractivity contribution in [2.45, 2.75) is 0 Å². The number of H-pyrrole nitrogens is 10. The third kappa shape index (κ3) is 23.4. The van der Waals surface area contributed by atoms with Gasteiger partial charge in [-0.3, -0.25) is 15.0 Å². The van der Waals surface area contributed by atoms with Crippen molar-refractivity contribution in [3.8, 4) is 108 Å². The average Bonchev–Trinajstić information content (AvgIpc) is 1.59. The van der Waals surface area contributed by atoms with Crippen LogP contribution in [0.4, 0.5) is 0 Å². The van der Waals surface area contributed by atoms with Crippen LogP contribution < -0.4 is 4.74 Å². The molecule has 110 heavy (non-hydrogen) atoms. The lowest BCUT2D eigenvalue weighted by Crippen LogP contribution is -1.98. The van der Waals surface area contributed by atoms with Gasteiger partial charge in [0.15, 0.2) is 0 Å². The largest absolute Gasteiger partial charge is 0.497 e. The van der Waals surface area contributed by atoms with Crippen LogP contribution in [-0.2, 0) is 0 Å². The van der Waals surface area contributed by atoms with Gasteiger partial charge in [-0.1, -0.05) is 66.2 Å². The lowest BCUT2D eigenvalue weighted by atomic mass is 10.1. The molecule has 548 valence electrons. The average molecular weight is 1510 g/mol. The van der Waals surface area contributed by atoms with E-state index in [1.54, 1.807) is 74.5 Å². The zero-order chi connectivity index (χ0) is 76.8. The third-order valence-corrected chi connectivity index (χ3v) is 13.3. The minimum Gasteiger partial charge on any atom is -0.497 e. The Labute approximate surface area is 615 Å². The summed E-state index contributed by atoms with van der Waals surface area (Å²) >= 11 is 5.71. The number of halogens is 1. The van der Waals surface area contributed by atoms with Gasteiger partial charge in [0.25, 0.3) is 5.82 Å². The van der Waals surface area contributed by atoms with Crippen molar-refractivity contribution in [3.05, 3.63) is 217 Å². The van der Waals surface area contributed by atoms with Crippen LogP contribution in [0.5, 0.6) is 5.75 Å². The second-order valence-electron chi connectivity index (χ2n) is 19.9. The normalized spacial score (nSPS) is 9.95. The fraction of sp³-hybridized carbons (Fsp3) is 0.0169. The Hall–Kier alpha value is -17.2. The van der Waals surface area contributed by atoms with E-state index < -0.39 is 17.9 Å². The molecule has 0 bridgehead atoms. The molecule has 0 unspecified atom stereocenters. The number of rotatable bonds is 13. The first-order valence-electron chi connectivity index (χ1n) is 30.4. The van der Waals surface area contributed by atoms with Crippen LogP contribution in [0.25, 0.3) is 103 Å². The van der Waals surface area contributed by atoms with Gasteiger partial charge in [0.1, 0.15) is 11.4 Å². The van der Waals surface area contributed by atoms with Gasteiger partial charge in [-0.2, -0.15) is 52.1 Å². The molecule has 51 heteroatoms. The fourth-order valence-corrected chi connectivity index (χ4v) is 8.07. The van der Waals surface area contributed by atoms with E-state index in [2.05, 4.69) is 216 Å². The van der Waals surface area contributed by atoms with E-state index in [-0.39, 0.29) is 17.0 Å². The number of carboxylic acid groups (broad SMARTS) is 3. The van der Waals surface area contributed by atoms with Gasteiger partial charge in [0, 0.05) is 80.5 Å². The van der Waals surface area contributed by atoms with Crippen LogP contribution in [0, 0.1) is 0 Å². The predicted molar refractivity (Wildman–Crippen MR) is 370 cm³/mol. The highest BCUT2D eigenvalue weighted by molar-refractivity contribution is 6.30. The van der Waals surface area contributed by atoms with Crippen LogP contribution in [0.3, 0.4) is 0 Å². The summed E-state index contributed by atoms with van der Waals surface area (Å²) in [5, 5.41) is 159. The number of nitrogens with one attached hydrogen (secondary N) is 10. The highest BCUT2D eigenvalue weighted by atomic mass is 35.5. The summed E-state index contributed by atoms with van der Waals surface area (Å²) in [5.74, 6) is 2.16. The molecule has 18 aromatic rings. The number of pyridine rings is 3. The minimum atomic E-state index is -1.18. The number of aromatic carboxylic acids is 3. The SMILES string of the molecule is COc1ccc(-c2nn[nH]n2)cc1.Clc1ccc(-c2nn[nH]n2)cc1.O=C(O)c1ccc(-c2nn[nH]n2)cc1.O=C(O)c1cccc(-c2nn[nH]n2)c1.O=C(O)c1nn[nH]n1.c1cc(-c2nn[nH]n2)ccc1-c1nn[nH]n1.c1cc(-c2nn[nH]n2)ccn1.c1ccc(-c2nn[nH]n2)nc1.c1cncc(-c2nn[nH]n2)c1. The Kier molecular flexibility index (Phi) is 27.7. The van der Waals surface area contributed by atoms with E-state index in [9.17, 15) is 14.4 Å². The summed E-state index contributed by atoms with van der Waals surface area (Å²) in [6.45, 7) is 0. The van der Waals surface area contributed by atoms with Gasteiger partial charge in [0.05, 0.1) is 18.2 Å². The molecule has 0 aliphatic carbocycles. The summed E-state index contributed by atoms with van der Waals surface area (Å²) in [6, 6.07) is 47.7. The zero-order valence-electron chi connectivity index (χ0n) is 55.6. The number of aromatic nitrogens is 43. The van der Waals surface area contributed by atoms with E-state index in [1.807, 2.05) is 108 Å². The molecular weight excluding hydrogens is 1460 g/mol. The van der Waals surface area contributed by atoms with Crippen LogP contribution in [0.1, 0.15) is 31.3 Å². The second kappa shape index (κ2) is 40.4. The fourth-order valence-electron chi connectivity index (χ4n) is 7.95. The van der Waals surface area contributed by atoms with Crippen molar-refractivity contribution in [2.24, 2.45) is 0 Å². The summed E-state index contributed by atoms with van der Waals surface area (Å²) in [5.41, 5.74) is 7.84. The highest BCUT2D eigenvalue weighted by Crippen LogP contribution is 2.22. The van der Waals surface area contributed by atoms with Crippen LogP contribution >= 0.6 is 11.6 Å². The number of hydrogen-bond acceptors (Lipinski definition) is 37. The molecule has 0 amide bonds. The van der Waals surface area contributed by atoms with Gasteiger partial charge in [-0.15, -0.1) is 102 Å². The number of ether oxygens (including phenoxy) is 1. The summed E-state index contributed by atoms with van der Waals surface area (Å²) < 4.78 is 5.02. The molecule has 0 aliphatic rings. The first kappa shape index (κ1) is 75.4. The zero-order valence-corrected chi connectivity index (χ0v) is 56.3. The smallest absolute Gasteiger partial charge is 0.377 e. The van der Waals surface area contributed by atoms with Crippen LogP contribution in [0.2, 0.25) is 5.02 Å². The number of tetrazole rings is 10. The van der Waals surface area contributed by atoms with Crippen LogP contribution in [-0.4, -0.2) is 262 Å². The highest BCUT2D eigenvalue weighted by Gasteiger charge is 2.11. The number of hydrogen-bond donors (Lipinski definition) is 13.